The van der Waals surface area contributed by atoms with Gasteiger partial charge in [-0.25, -0.2) is 8.78 Å². The van der Waals surface area contributed by atoms with Gasteiger partial charge >= 0.3 is 6.18 Å². The van der Waals surface area contributed by atoms with Crippen LogP contribution < -0.4 is 0 Å². The molecule has 144 valence electrons. The number of halogens is 5. The molecule has 0 nitrogen and oxygen atoms in total. The number of allylic oxidation sites excluding steroid dienone is 1. The summed E-state index contributed by atoms with van der Waals surface area (Å²) in [5.74, 6) is -2.09. The molecular weight excluding hydrogens is 371 g/mol. The van der Waals surface area contributed by atoms with Gasteiger partial charge in [0, 0.05) is 11.6 Å². The highest BCUT2D eigenvalue weighted by Gasteiger charge is 2.23. The normalized spacial score (nSPS) is 11.9. The van der Waals surface area contributed by atoms with Crippen LogP contribution in [0.2, 0.25) is 0 Å². The van der Waals surface area contributed by atoms with Crippen LogP contribution in [-0.4, -0.2) is 6.18 Å². The number of aryl methyl sites for hydroxylation is 1. The second-order valence-electron chi connectivity index (χ2n) is 6.36. The van der Waals surface area contributed by atoms with Gasteiger partial charge in [-0.1, -0.05) is 55.5 Å². The Bertz CT molecular complexity index is 958. The molecule has 0 saturated heterocycles. The molecule has 3 aromatic carbocycles. The summed E-state index contributed by atoms with van der Waals surface area (Å²) in [4.78, 5) is 0. The van der Waals surface area contributed by atoms with E-state index in [-0.39, 0.29) is 11.6 Å². The van der Waals surface area contributed by atoms with Crippen LogP contribution in [0.1, 0.15) is 18.1 Å². The van der Waals surface area contributed by atoms with Crippen molar-refractivity contribution in [3.05, 3.63) is 89.5 Å². The van der Waals surface area contributed by atoms with Gasteiger partial charge in [0.2, 0.25) is 0 Å². The Labute approximate surface area is 160 Å². The maximum Gasteiger partial charge on any atom is 0.409 e. The predicted octanol–water partition coefficient (Wildman–Crippen LogP) is 7.44. The lowest BCUT2D eigenvalue weighted by atomic mass is 9.98. The first kappa shape index (κ1) is 19.8. The Balaban J connectivity index is 1.88. The van der Waals surface area contributed by atoms with E-state index in [1.807, 2.05) is 36.4 Å². The third kappa shape index (κ3) is 4.66. The Kier molecular flexibility index (Phi) is 5.63. The molecule has 0 aliphatic rings. The third-order valence-corrected chi connectivity index (χ3v) is 4.43. The van der Waals surface area contributed by atoms with Crippen LogP contribution in [-0.2, 0) is 6.42 Å². The fraction of sp³-hybridized carbons (Fsp3) is 0.130. The molecule has 0 radical (unpaired) electrons. The van der Waals surface area contributed by atoms with E-state index in [1.54, 1.807) is 12.1 Å². The van der Waals surface area contributed by atoms with Crippen molar-refractivity contribution in [1.29, 1.82) is 0 Å². The summed E-state index contributed by atoms with van der Waals surface area (Å²) < 4.78 is 65.0. The van der Waals surface area contributed by atoms with Gasteiger partial charge in [-0.3, -0.25) is 0 Å². The SMILES string of the molecule is CCc1ccc(-c2ccc(-c3cc(F)c(C=CC(F)(F)F)c(F)c3)cc2)cc1. The third-order valence-electron chi connectivity index (χ3n) is 4.43. The van der Waals surface area contributed by atoms with Crippen LogP contribution in [0.25, 0.3) is 28.3 Å². The summed E-state index contributed by atoms with van der Waals surface area (Å²) >= 11 is 0. The van der Waals surface area contributed by atoms with Crippen molar-refractivity contribution in [2.75, 3.05) is 0 Å². The summed E-state index contributed by atoms with van der Waals surface area (Å²) in [6.07, 6.45) is -3.47. The average molecular weight is 388 g/mol. The Morgan fingerprint density at radius 1 is 0.714 bits per heavy atom. The number of hydrogen-bond donors (Lipinski definition) is 0. The van der Waals surface area contributed by atoms with E-state index in [9.17, 15) is 22.0 Å². The van der Waals surface area contributed by atoms with Crippen molar-refractivity contribution in [3.63, 3.8) is 0 Å². The molecule has 0 heterocycles. The zero-order chi connectivity index (χ0) is 20.3. The number of rotatable bonds is 4. The smallest absolute Gasteiger partial charge is 0.206 e. The quantitative estimate of drug-likeness (QED) is 0.408. The average Bonchev–Trinajstić information content (AvgIpc) is 2.66. The highest BCUT2D eigenvalue weighted by Crippen LogP contribution is 2.29. The molecule has 3 aromatic rings. The summed E-state index contributed by atoms with van der Waals surface area (Å²) in [5.41, 5.74) is 3.32. The van der Waals surface area contributed by atoms with Crippen LogP contribution in [0.15, 0.2) is 66.7 Å². The molecule has 0 saturated carbocycles. The summed E-state index contributed by atoms with van der Waals surface area (Å²) in [6.45, 7) is 2.08. The Morgan fingerprint density at radius 2 is 1.14 bits per heavy atom. The molecule has 0 aromatic heterocycles. The van der Waals surface area contributed by atoms with Gasteiger partial charge < -0.3 is 0 Å². The molecule has 0 amide bonds. The molecule has 0 aliphatic heterocycles. The second kappa shape index (κ2) is 7.97. The highest BCUT2D eigenvalue weighted by atomic mass is 19.4. The summed E-state index contributed by atoms with van der Waals surface area (Å²) in [5, 5.41) is 0. The zero-order valence-corrected chi connectivity index (χ0v) is 15.0. The fourth-order valence-corrected chi connectivity index (χ4v) is 2.88. The molecule has 5 heteroatoms. The summed E-state index contributed by atoms with van der Waals surface area (Å²) in [7, 11) is 0. The number of benzene rings is 3. The minimum atomic E-state index is -4.64. The first-order chi connectivity index (χ1) is 13.3. The van der Waals surface area contributed by atoms with E-state index in [0.717, 1.165) is 29.7 Å². The minimum Gasteiger partial charge on any atom is -0.206 e. The topological polar surface area (TPSA) is 0 Å². The fourth-order valence-electron chi connectivity index (χ4n) is 2.88. The predicted molar refractivity (Wildman–Crippen MR) is 102 cm³/mol. The maximum atomic E-state index is 14.1. The molecule has 0 spiro atoms. The molecule has 0 N–H and O–H groups in total. The molecule has 3 rings (SSSR count). The molecular formula is C23H17F5. The van der Waals surface area contributed by atoms with Gasteiger partial charge in [-0.15, -0.1) is 0 Å². The van der Waals surface area contributed by atoms with E-state index in [2.05, 4.69) is 6.92 Å². The zero-order valence-electron chi connectivity index (χ0n) is 15.0. The molecule has 0 bridgehead atoms. The minimum absolute atomic E-state index is 0.188. The monoisotopic (exact) mass is 388 g/mol. The van der Waals surface area contributed by atoms with Crippen LogP contribution in [0, 0.1) is 11.6 Å². The standard InChI is InChI=1S/C23H17F5/c1-2-15-3-5-16(6-4-15)17-7-9-18(10-8-17)19-13-21(24)20(22(25)14-19)11-12-23(26,27)28/h3-14H,2H2,1H3. The largest absolute Gasteiger partial charge is 0.409 e. The molecule has 0 unspecified atom stereocenters. The Hall–Kier alpha value is -2.95. The van der Waals surface area contributed by atoms with Gasteiger partial charge in [0.15, 0.2) is 0 Å². The van der Waals surface area contributed by atoms with E-state index in [1.165, 1.54) is 5.56 Å². The van der Waals surface area contributed by atoms with Crippen molar-refractivity contribution < 1.29 is 22.0 Å². The van der Waals surface area contributed by atoms with E-state index in [0.29, 0.717) is 11.6 Å². The molecule has 28 heavy (non-hydrogen) atoms. The van der Waals surface area contributed by atoms with Crippen molar-refractivity contribution in [1.82, 2.24) is 0 Å². The van der Waals surface area contributed by atoms with E-state index >= 15 is 0 Å². The Morgan fingerprint density at radius 3 is 1.57 bits per heavy atom. The lowest BCUT2D eigenvalue weighted by molar-refractivity contribution is -0.0790. The first-order valence-electron chi connectivity index (χ1n) is 8.71. The maximum absolute atomic E-state index is 14.1. The lowest BCUT2D eigenvalue weighted by Crippen LogP contribution is -2.01. The van der Waals surface area contributed by atoms with E-state index in [4.69, 9.17) is 0 Å². The van der Waals surface area contributed by atoms with Crippen molar-refractivity contribution in [3.8, 4) is 22.3 Å². The van der Waals surface area contributed by atoms with Crippen LogP contribution in [0.5, 0.6) is 0 Å². The van der Waals surface area contributed by atoms with Gasteiger partial charge in [0.25, 0.3) is 0 Å². The van der Waals surface area contributed by atoms with Crippen LogP contribution >= 0.6 is 0 Å². The van der Waals surface area contributed by atoms with Crippen LogP contribution in [0.4, 0.5) is 22.0 Å². The molecule has 0 aliphatic carbocycles. The van der Waals surface area contributed by atoms with Gasteiger partial charge in [-0.05, 0) is 52.4 Å². The van der Waals surface area contributed by atoms with Crippen molar-refractivity contribution >= 4 is 6.08 Å². The van der Waals surface area contributed by atoms with Crippen molar-refractivity contribution in [2.45, 2.75) is 19.5 Å². The van der Waals surface area contributed by atoms with Crippen LogP contribution in [0.3, 0.4) is 0 Å². The van der Waals surface area contributed by atoms with Gasteiger partial charge in [-0.2, -0.15) is 13.2 Å². The van der Waals surface area contributed by atoms with E-state index < -0.39 is 23.4 Å². The lowest BCUT2D eigenvalue weighted by Gasteiger charge is -2.08. The highest BCUT2D eigenvalue weighted by molar-refractivity contribution is 5.71. The van der Waals surface area contributed by atoms with Gasteiger partial charge in [0.1, 0.15) is 11.6 Å². The summed E-state index contributed by atoms with van der Waals surface area (Å²) in [6, 6.07) is 17.3. The molecule has 0 fully saturated rings. The second-order valence-corrected chi connectivity index (χ2v) is 6.36. The number of hydrogen-bond acceptors (Lipinski definition) is 0. The van der Waals surface area contributed by atoms with Crippen molar-refractivity contribution in [2.24, 2.45) is 0 Å². The molecule has 0 atom stereocenters. The van der Waals surface area contributed by atoms with Gasteiger partial charge in [0.05, 0.1) is 0 Å². The first-order valence-corrected chi connectivity index (χ1v) is 8.71. The number of alkyl halides is 3.